The molecule has 0 aliphatic rings. The average molecular weight is 689 g/mol. The summed E-state index contributed by atoms with van der Waals surface area (Å²) in [6, 6.07) is 59.5. The zero-order valence-electron chi connectivity index (χ0n) is 28.9. The lowest BCUT2D eigenvalue weighted by Gasteiger charge is -2.16. The predicted octanol–water partition coefficient (Wildman–Crippen LogP) is 13.9. The third kappa shape index (κ3) is 4.13. The lowest BCUT2D eigenvalue weighted by molar-refractivity contribution is 0.668. The molecule has 4 nitrogen and oxygen atoms in total. The molecule has 0 unspecified atom stereocenters. The van der Waals surface area contributed by atoms with Gasteiger partial charge in [-0.1, -0.05) is 127 Å². The highest BCUT2D eigenvalue weighted by Gasteiger charge is 2.22. The van der Waals surface area contributed by atoms with Gasteiger partial charge in [0, 0.05) is 48.8 Å². The van der Waals surface area contributed by atoms with Crippen LogP contribution in [0.5, 0.6) is 0 Å². The molecule has 0 aliphatic heterocycles. The van der Waals surface area contributed by atoms with E-state index >= 15 is 0 Å². The van der Waals surface area contributed by atoms with Crippen LogP contribution in [0.25, 0.3) is 121 Å². The molecular formula is C50H28N2O2. The van der Waals surface area contributed by atoms with Gasteiger partial charge in [-0.3, -0.25) is 0 Å². The first kappa shape index (κ1) is 29.3. The molecule has 0 spiro atoms. The first-order valence-electron chi connectivity index (χ1n) is 18.2. The van der Waals surface area contributed by atoms with E-state index in [1.54, 1.807) is 0 Å². The van der Waals surface area contributed by atoms with Gasteiger partial charge in [0.15, 0.2) is 5.58 Å². The first-order valence-corrected chi connectivity index (χ1v) is 18.2. The van der Waals surface area contributed by atoms with Gasteiger partial charge in [-0.15, -0.1) is 0 Å². The molecule has 0 N–H and O–H groups in total. The van der Waals surface area contributed by atoms with Crippen molar-refractivity contribution < 1.29 is 8.83 Å². The van der Waals surface area contributed by atoms with Gasteiger partial charge in [0.1, 0.15) is 22.3 Å². The van der Waals surface area contributed by atoms with E-state index in [-0.39, 0.29) is 0 Å². The van der Waals surface area contributed by atoms with Crippen LogP contribution in [-0.2, 0) is 0 Å². The molecule has 12 rings (SSSR count). The van der Waals surface area contributed by atoms with E-state index in [4.69, 9.17) is 18.8 Å². The highest BCUT2D eigenvalue weighted by molar-refractivity contribution is 6.26. The smallest absolute Gasteiger partial charge is 0.161 e. The molecule has 0 saturated heterocycles. The molecule has 4 heteroatoms. The summed E-state index contributed by atoms with van der Waals surface area (Å²) in [4.78, 5) is 10.8. The molecule has 4 heterocycles. The second kappa shape index (κ2) is 11.1. The molecule has 250 valence electrons. The van der Waals surface area contributed by atoms with Gasteiger partial charge >= 0.3 is 0 Å². The Morgan fingerprint density at radius 3 is 1.81 bits per heavy atom. The van der Waals surface area contributed by atoms with E-state index in [2.05, 4.69) is 140 Å². The zero-order valence-corrected chi connectivity index (χ0v) is 28.9. The van der Waals surface area contributed by atoms with Crippen LogP contribution < -0.4 is 0 Å². The number of nitrogens with zero attached hydrogens (tertiary/aromatic N) is 2. The number of hydrogen-bond donors (Lipinski definition) is 0. The molecule has 8 aromatic carbocycles. The van der Waals surface area contributed by atoms with Crippen LogP contribution in [0, 0.1) is 0 Å². The molecular weight excluding hydrogens is 661 g/mol. The highest BCUT2D eigenvalue weighted by atomic mass is 16.3. The normalized spacial score (nSPS) is 12.1. The first-order chi connectivity index (χ1) is 26.8. The zero-order chi connectivity index (χ0) is 35.3. The van der Waals surface area contributed by atoms with Crippen molar-refractivity contribution in [3.05, 3.63) is 170 Å². The van der Waals surface area contributed by atoms with Crippen LogP contribution in [0.4, 0.5) is 0 Å². The summed E-state index contributed by atoms with van der Waals surface area (Å²) in [5, 5.41) is 11.0. The number of benzene rings is 8. The lowest BCUT2D eigenvalue weighted by atomic mass is 9.89. The minimum atomic E-state index is 0.766. The van der Waals surface area contributed by atoms with Crippen molar-refractivity contribution in [3.63, 3.8) is 0 Å². The third-order valence-corrected chi connectivity index (χ3v) is 11.0. The second-order valence-corrected chi connectivity index (χ2v) is 14.0. The Kier molecular flexibility index (Phi) is 6.02. The summed E-state index contributed by atoms with van der Waals surface area (Å²) in [5.74, 6) is 0. The Morgan fingerprint density at radius 2 is 0.963 bits per heavy atom. The molecule has 0 aliphatic carbocycles. The van der Waals surface area contributed by atoms with Gasteiger partial charge in [-0.2, -0.15) is 0 Å². The average Bonchev–Trinajstić information content (AvgIpc) is 3.82. The van der Waals surface area contributed by atoms with Crippen molar-refractivity contribution in [1.82, 2.24) is 9.97 Å². The molecule has 54 heavy (non-hydrogen) atoms. The van der Waals surface area contributed by atoms with E-state index < -0.39 is 0 Å². The minimum absolute atomic E-state index is 0.766. The van der Waals surface area contributed by atoms with Gasteiger partial charge in [0.05, 0.1) is 22.3 Å². The Hall–Kier alpha value is -7.30. The molecule has 0 radical (unpaired) electrons. The molecule has 4 aromatic heterocycles. The fourth-order valence-corrected chi connectivity index (χ4v) is 8.62. The number of aromatic nitrogens is 2. The second-order valence-electron chi connectivity index (χ2n) is 14.0. The van der Waals surface area contributed by atoms with Crippen LogP contribution >= 0.6 is 0 Å². The van der Waals surface area contributed by atoms with Crippen molar-refractivity contribution in [2.45, 2.75) is 0 Å². The van der Waals surface area contributed by atoms with Gasteiger partial charge < -0.3 is 8.83 Å². The van der Waals surface area contributed by atoms with Gasteiger partial charge in [-0.05, 0) is 64.4 Å². The topological polar surface area (TPSA) is 52.1 Å². The summed E-state index contributed by atoms with van der Waals surface area (Å²) in [5.41, 5.74) is 11.2. The summed E-state index contributed by atoms with van der Waals surface area (Å²) < 4.78 is 13.2. The number of para-hydroxylation sites is 3. The van der Waals surface area contributed by atoms with E-state index in [0.29, 0.717) is 0 Å². The Morgan fingerprint density at radius 1 is 0.333 bits per heavy atom. The minimum Gasteiger partial charge on any atom is -0.455 e. The summed E-state index contributed by atoms with van der Waals surface area (Å²) in [6.45, 7) is 0. The molecule has 0 bridgehead atoms. The third-order valence-electron chi connectivity index (χ3n) is 11.0. The highest BCUT2D eigenvalue weighted by Crippen LogP contribution is 2.45. The van der Waals surface area contributed by atoms with Crippen LogP contribution in [-0.4, -0.2) is 9.97 Å². The van der Waals surface area contributed by atoms with Crippen molar-refractivity contribution in [1.29, 1.82) is 0 Å². The Bertz CT molecular complexity index is 3500. The molecule has 0 saturated carbocycles. The van der Waals surface area contributed by atoms with E-state index in [9.17, 15) is 0 Å². The van der Waals surface area contributed by atoms with Gasteiger partial charge in [0.25, 0.3) is 0 Å². The number of hydrogen-bond acceptors (Lipinski definition) is 4. The molecule has 12 aromatic rings. The lowest BCUT2D eigenvalue weighted by Crippen LogP contribution is -1.93. The Balaban J connectivity index is 1.17. The predicted molar refractivity (Wildman–Crippen MR) is 223 cm³/mol. The summed E-state index contributed by atoms with van der Waals surface area (Å²) in [7, 11) is 0. The van der Waals surface area contributed by atoms with Crippen molar-refractivity contribution in [2.24, 2.45) is 0 Å². The maximum absolute atomic E-state index is 6.67. The number of fused-ring (bicyclic) bond motifs is 14. The van der Waals surface area contributed by atoms with Crippen molar-refractivity contribution in [3.8, 4) is 33.6 Å². The Labute approximate surface area is 308 Å². The van der Waals surface area contributed by atoms with Gasteiger partial charge in [-0.25, -0.2) is 9.97 Å². The standard InChI is InChI=1S/C50H28N2O2/c1-2-13-29(14-3-1)46-40-28-39(32-17-4-5-19-34(32)44(40)36-20-6-9-22-41(36)51-46)30-15-12-16-31(27-30)47-45-37-21-8-11-24-43(37)53-49(45)38-26-25-35-33-18-7-10-23-42(33)54-50(35)48(38)52-47/h1-28H. The van der Waals surface area contributed by atoms with Crippen molar-refractivity contribution >= 4 is 87.2 Å². The number of furan rings is 2. The van der Waals surface area contributed by atoms with Crippen LogP contribution in [0.2, 0.25) is 0 Å². The number of pyridine rings is 2. The maximum Gasteiger partial charge on any atom is 0.161 e. The van der Waals surface area contributed by atoms with E-state index in [1.165, 1.54) is 16.2 Å². The largest absolute Gasteiger partial charge is 0.455 e. The van der Waals surface area contributed by atoms with Crippen molar-refractivity contribution in [2.75, 3.05) is 0 Å². The fraction of sp³-hybridized carbons (Fsp3) is 0. The van der Waals surface area contributed by atoms with Crippen LogP contribution in [0.3, 0.4) is 0 Å². The van der Waals surface area contributed by atoms with Gasteiger partial charge in [0.2, 0.25) is 0 Å². The number of rotatable bonds is 3. The fourth-order valence-electron chi connectivity index (χ4n) is 8.62. The molecule has 0 atom stereocenters. The SMILES string of the molecule is c1ccc(-c2nc3ccccc3c3c2cc(-c2cccc(-c4nc5c(ccc6c7ccccc7oc65)c5oc6ccccc6c45)c2)c2ccccc23)cc1. The quantitative estimate of drug-likeness (QED) is 0.173. The summed E-state index contributed by atoms with van der Waals surface area (Å²) in [6.07, 6.45) is 0. The van der Waals surface area contributed by atoms with Crippen LogP contribution in [0.15, 0.2) is 179 Å². The maximum atomic E-state index is 6.67. The van der Waals surface area contributed by atoms with E-state index in [0.717, 1.165) is 105 Å². The van der Waals surface area contributed by atoms with Crippen LogP contribution in [0.1, 0.15) is 0 Å². The van der Waals surface area contributed by atoms with E-state index in [1.807, 2.05) is 30.3 Å². The monoisotopic (exact) mass is 688 g/mol. The summed E-state index contributed by atoms with van der Waals surface area (Å²) >= 11 is 0. The molecule has 0 fully saturated rings. The molecule has 0 amide bonds.